The van der Waals surface area contributed by atoms with Crippen LogP contribution in [-0.4, -0.2) is 87.6 Å². The van der Waals surface area contributed by atoms with E-state index in [2.05, 4.69) is 10.2 Å². The van der Waals surface area contributed by atoms with Gasteiger partial charge >= 0.3 is 0 Å². The van der Waals surface area contributed by atoms with Gasteiger partial charge in [-0.05, 0) is 72.8 Å². The summed E-state index contributed by atoms with van der Waals surface area (Å²) in [5.41, 5.74) is 2.73. The normalized spacial score (nSPS) is 13.1. The molecule has 4 rings (SSSR count). The molecule has 1 aliphatic heterocycles. The Labute approximate surface area is 239 Å². The van der Waals surface area contributed by atoms with Crippen LogP contribution in [0.5, 0.6) is 5.75 Å². The maximum Gasteiger partial charge on any atom is 0.254 e. The number of carbonyl (C=O) groups excluding carboxylic acids is 3. The third-order valence-corrected chi connectivity index (χ3v) is 6.95. The highest BCUT2D eigenvalue weighted by Crippen LogP contribution is 2.21. The van der Waals surface area contributed by atoms with Crippen molar-refractivity contribution < 1.29 is 23.9 Å². The van der Waals surface area contributed by atoms with Gasteiger partial charge in [-0.2, -0.15) is 0 Å². The van der Waals surface area contributed by atoms with E-state index in [1.54, 1.807) is 62.8 Å². The van der Waals surface area contributed by atoms with Crippen LogP contribution in [-0.2, 0) is 9.53 Å². The summed E-state index contributed by atoms with van der Waals surface area (Å²) in [7, 11) is 3.15. The SMILES string of the molecule is COCCN(CC(=O)Nc1ccc(N2CCN(C(=O)c3ccc(OC)cc3)CC2)cc1)C(=O)c1ccc(Cl)cc1. The van der Waals surface area contributed by atoms with Gasteiger partial charge in [-0.1, -0.05) is 11.6 Å². The molecule has 0 aliphatic carbocycles. The summed E-state index contributed by atoms with van der Waals surface area (Å²) < 4.78 is 10.3. The number of nitrogens with one attached hydrogen (secondary N) is 1. The number of halogens is 1. The zero-order valence-corrected chi connectivity index (χ0v) is 23.4. The molecule has 3 aromatic carbocycles. The largest absolute Gasteiger partial charge is 0.497 e. The van der Waals surface area contributed by atoms with Gasteiger partial charge in [0.1, 0.15) is 12.3 Å². The standard InChI is InChI=1S/C30H33ClN4O5/c1-39-20-19-35(30(38)22-3-7-24(31)8-4-22)21-28(36)32-25-9-11-26(12-10-25)33-15-17-34(18-16-33)29(37)23-5-13-27(40-2)14-6-23/h3-14H,15-21H2,1-2H3,(H,32,36). The maximum absolute atomic E-state index is 13.0. The predicted octanol–water partition coefficient (Wildman–Crippen LogP) is 4.04. The molecule has 0 bridgehead atoms. The number of ether oxygens (including phenoxy) is 2. The fraction of sp³-hybridized carbons (Fsp3) is 0.300. The lowest BCUT2D eigenvalue weighted by Crippen LogP contribution is -2.48. The van der Waals surface area contributed by atoms with Gasteiger partial charge in [0, 0.05) is 67.4 Å². The number of rotatable bonds is 10. The van der Waals surface area contributed by atoms with Gasteiger partial charge in [-0.25, -0.2) is 0 Å². The molecule has 1 N–H and O–H groups in total. The van der Waals surface area contributed by atoms with E-state index < -0.39 is 0 Å². The lowest BCUT2D eigenvalue weighted by atomic mass is 10.1. The number of amides is 3. The van der Waals surface area contributed by atoms with Crippen molar-refractivity contribution in [2.75, 3.05) is 70.3 Å². The number of piperazine rings is 1. The smallest absolute Gasteiger partial charge is 0.254 e. The first-order valence-electron chi connectivity index (χ1n) is 13.0. The Morgan fingerprint density at radius 1 is 0.850 bits per heavy atom. The second-order valence-electron chi connectivity index (χ2n) is 9.33. The molecule has 1 fully saturated rings. The quantitative estimate of drug-likeness (QED) is 0.400. The number of nitrogens with zero attached hydrogens (tertiary/aromatic N) is 3. The first kappa shape index (κ1) is 28.9. The lowest BCUT2D eigenvalue weighted by Gasteiger charge is -2.36. The van der Waals surface area contributed by atoms with E-state index in [1.807, 2.05) is 29.2 Å². The molecule has 1 heterocycles. The van der Waals surface area contributed by atoms with Gasteiger partial charge in [0.25, 0.3) is 11.8 Å². The van der Waals surface area contributed by atoms with E-state index in [-0.39, 0.29) is 30.8 Å². The molecule has 0 spiro atoms. The van der Waals surface area contributed by atoms with Crippen LogP contribution < -0.4 is 15.0 Å². The van der Waals surface area contributed by atoms with E-state index in [0.717, 1.165) is 11.4 Å². The number of methoxy groups -OCH3 is 2. The van der Waals surface area contributed by atoms with Gasteiger partial charge in [0.05, 0.1) is 13.7 Å². The molecular formula is C30H33ClN4O5. The van der Waals surface area contributed by atoms with Crippen LogP contribution in [0.15, 0.2) is 72.8 Å². The van der Waals surface area contributed by atoms with Gasteiger partial charge in [0.2, 0.25) is 5.91 Å². The van der Waals surface area contributed by atoms with E-state index in [1.165, 1.54) is 4.90 Å². The average molecular weight is 565 g/mol. The minimum absolute atomic E-state index is 0.00875. The second kappa shape index (κ2) is 13.8. The zero-order chi connectivity index (χ0) is 28.5. The number of hydrogen-bond acceptors (Lipinski definition) is 6. The molecule has 210 valence electrons. The summed E-state index contributed by atoms with van der Waals surface area (Å²) in [6.45, 7) is 3.10. The average Bonchev–Trinajstić information content (AvgIpc) is 2.99. The Morgan fingerprint density at radius 3 is 2.08 bits per heavy atom. The third kappa shape index (κ3) is 7.52. The monoisotopic (exact) mass is 564 g/mol. The van der Waals surface area contributed by atoms with Crippen LogP contribution >= 0.6 is 11.6 Å². The fourth-order valence-electron chi connectivity index (χ4n) is 4.44. The molecule has 1 saturated heterocycles. The molecule has 0 aromatic heterocycles. The van der Waals surface area contributed by atoms with Gasteiger partial charge in [-0.15, -0.1) is 0 Å². The molecule has 3 aromatic rings. The van der Waals surface area contributed by atoms with Crippen LogP contribution in [0.2, 0.25) is 5.02 Å². The summed E-state index contributed by atoms with van der Waals surface area (Å²) in [5.74, 6) is 0.144. The molecule has 0 unspecified atom stereocenters. The highest BCUT2D eigenvalue weighted by atomic mass is 35.5. The zero-order valence-electron chi connectivity index (χ0n) is 22.6. The first-order chi connectivity index (χ1) is 19.4. The number of anilines is 2. The highest BCUT2D eigenvalue weighted by molar-refractivity contribution is 6.30. The lowest BCUT2D eigenvalue weighted by molar-refractivity contribution is -0.117. The predicted molar refractivity (Wildman–Crippen MR) is 155 cm³/mol. The van der Waals surface area contributed by atoms with Crippen LogP contribution in [0.1, 0.15) is 20.7 Å². The van der Waals surface area contributed by atoms with Crippen LogP contribution in [0.3, 0.4) is 0 Å². The highest BCUT2D eigenvalue weighted by Gasteiger charge is 2.23. The van der Waals surface area contributed by atoms with Crippen molar-refractivity contribution in [2.45, 2.75) is 0 Å². The summed E-state index contributed by atoms with van der Waals surface area (Å²) >= 11 is 5.93. The van der Waals surface area contributed by atoms with Crippen LogP contribution in [0, 0.1) is 0 Å². The second-order valence-corrected chi connectivity index (χ2v) is 9.77. The van der Waals surface area contributed by atoms with Gasteiger partial charge in [0.15, 0.2) is 0 Å². The molecule has 0 radical (unpaired) electrons. The van der Waals surface area contributed by atoms with Crippen LogP contribution in [0.25, 0.3) is 0 Å². The topological polar surface area (TPSA) is 91.4 Å². The molecule has 0 saturated carbocycles. The number of hydrogen-bond donors (Lipinski definition) is 1. The van der Waals surface area contributed by atoms with Gasteiger partial charge < -0.3 is 29.5 Å². The van der Waals surface area contributed by atoms with Crippen LogP contribution in [0.4, 0.5) is 11.4 Å². The molecule has 9 nitrogen and oxygen atoms in total. The Morgan fingerprint density at radius 2 is 1.48 bits per heavy atom. The Balaban J connectivity index is 1.30. The summed E-state index contributed by atoms with van der Waals surface area (Å²) in [4.78, 5) is 44.1. The molecule has 1 aliphatic rings. The third-order valence-electron chi connectivity index (χ3n) is 6.70. The molecule has 0 atom stereocenters. The van der Waals surface area contributed by atoms with Crippen molar-refractivity contribution in [2.24, 2.45) is 0 Å². The van der Waals surface area contributed by atoms with Crippen molar-refractivity contribution in [3.63, 3.8) is 0 Å². The molecule has 40 heavy (non-hydrogen) atoms. The van der Waals surface area contributed by atoms with Gasteiger partial charge in [-0.3, -0.25) is 14.4 Å². The van der Waals surface area contributed by atoms with E-state index in [0.29, 0.717) is 54.6 Å². The minimum atomic E-state index is -0.308. The summed E-state index contributed by atoms with van der Waals surface area (Å²) in [6.07, 6.45) is 0. The van der Waals surface area contributed by atoms with Crippen molar-refractivity contribution in [1.29, 1.82) is 0 Å². The Hall–Kier alpha value is -4.08. The van der Waals surface area contributed by atoms with E-state index in [9.17, 15) is 14.4 Å². The fourth-order valence-corrected chi connectivity index (χ4v) is 4.57. The van der Waals surface area contributed by atoms with Crippen molar-refractivity contribution in [3.05, 3.63) is 88.9 Å². The first-order valence-corrected chi connectivity index (χ1v) is 13.4. The van der Waals surface area contributed by atoms with E-state index >= 15 is 0 Å². The van der Waals surface area contributed by atoms with Crippen molar-refractivity contribution in [3.8, 4) is 5.75 Å². The molecule has 3 amide bonds. The minimum Gasteiger partial charge on any atom is -0.497 e. The summed E-state index contributed by atoms with van der Waals surface area (Å²) in [6, 6.07) is 21.3. The summed E-state index contributed by atoms with van der Waals surface area (Å²) in [5, 5.41) is 3.40. The van der Waals surface area contributed by atoms with Crippen molar-refractivity contribution in [1.82, 2.24) is 9.80 Å². The van der Waals surface area contributed by atoms with Crippen molar-refractivity contribution >= 4 is 40.7 Å². The maximum atomic E-state index is 13.0. The molecular weight excluding hydrogens is 532 g/mol. The Bertz CT molecular complexity index is 1290. The number of carbonyl (C=O) groups is 3. The number of benzene rings is 3. The molecule has 10 heteroatoms. The van der Waals surface area contributed by atoms with E-state index in [4.69, 9.17) is 21.1 Å². The Kier molecular flexibility index (Phi) is 9.99.